The summed E-state index contributed by atoms with van der Waals surface area (Å²) in [5.74, 6) is -2.87. The Hall–Kier alpha value is -6.96. The molecular weight excluding hydrogens is 867 g/mol. The number of anilines is 1. The molecule has 5 rings (SSSR count). The number of hydrogen-bond donors (Lipinski definition) is 8. The number of carbonyl (C=O) groups excluding carboxylic acids is 9. The molecular formula is C47H61N9O11. The summed E-state index contributed by atoms with van der Waals surface area (Å²) in [6.07, 6.45) is 9.26. The average Bonchev–Trinajstić information content (AvgIpc) is 3.95. The van der Waals surface area contributed by atoms with Gasteiger partial charge in [0, 0.05) is 54.6 Å². The van der Waals surface area contributed by atoms with Crippen molar-refractivity contribution in [3.63, 3.8) is 0 Å². The lowest BCUT2D eigenvalue weighted by atomic mass is 9.67. The van der Waals surface area contributed by atoms with E-state index in [1.807, 2.05) is 25.2 Å². The van der Waals surface area contributed by atoms with E-state index in [4.69, 9.17) is 10.5 Å². The number of carbonyl (C=O) groups is 9. The minimum Gasteiger partial charge on any atom is -0.444 e. The number of rotatable bonds is 22. The van der Waals surface area contributed by atoms with Crippen LogP contribution in [0.4, 0.5) is 20.1 Å². The van der Waals surface area contributed by atoms with Crippen molar-refractivity contribution in [2.45, 2.75) is 123 Å². The predicted octanol–water partition coefficient (Wildman–Crippen LogP) is 3.57. The van der Waals surface area contributed by atoms with Crippen LogP contribution in [0.5, 0.6) is 0 Å². The number of ketones is 1. The molecule has 1 saturated carbocycles. The van der Waals surface area contributed by atoms with Crippen molar-refractivity contribution in [2.75, 3.05) is 18.4 Å². The molecule has 20 nitrogen and oxygen atoms in total. The van der Waals surface area contributed by atoms with Crippen LogP contribution in [-0.4, -0.2) is 100 Å². The Labute approximate surface area is 388 Å². The van der Waals surface area contributed by atoms with E-state index in [0.29, 0.717) is 48.9 Å². The van der Waals surface area contributed by atoms with E-state index in [-0.39, 0.29) is 68.4 Å². The molecule has 1 aliphatic heterocycles. The number of ether oxygens (including phenoxy) is 1. The van der Waals surface area contributed by atoms with Crippen LogP contribution < -0.4 is 37.7 Å². The van der Waals surface area contributed by atoms with Crippen molar-refractivity contribution < 1.29 is 53.0 Å². The molecule has 0 unspecified atom stereocenters. The Morgan fingerprint density at radius 3 is 2.27 bits per heavy atom. The van der Waals surface area contributed by atoms with Gasteiger partial charge in [0.15, 0.2) is 5.78 Å². The second-order valence-electron chi connectivity index (χ2n) is 17.6. The largest absolute Gasteiger partial charge is 0.444 e. The highest BCUT2D eigenvalue weighted by Gasteiger charge is 2.65. The molecule has 1 spiro atoms. The van der Waals surface area contributed by atoms with Gasteiger partial charge in [0.05, 0.1) is 0 Å². The summed E-state index contributed by atoms with van der Waals surface area (Å²) in [6.45, 7) is 9.18. The van der Waals surface area contributed by atoms with Crippen LogP contribution >= 0.6 is 0 Å². The minimum absolute atomic E-state index is 0.104. The normalized spacial score (nSPS) is 19.1. The highest BCUT2D eigenvalue weighted by atomic mass is 16.5. The number of benzene rings is 1. The first-order valence-electron chi connectivity index (χ1n) is 22.5. The molecule has 1 fully saturated rings. The standard InChI is InChI=1S/C47H61N9O11/c1-27(2)39(53-35(57)13-7-6-8-24-56-36(58)18-19-37(56)59)42(62)52-34(12-10-22-49-43(48)63)41(61)51-31-16-14-30(15-17-31)26-67-45(65)54-44(64)55-50-23-9-11-32-28(3)25-33-38(32)29(4)47(20-21-47)46(5,66)40(33)60/h14-19,23,25,27,34,39,66H,6-13,20-22,24,26H2,1-5H3,(H,51,61)(H,52,62)(H,53,57)(H3,48,49,63)(H2,54,55,64,65)/t34-,39-,46+/m0/s1. The van der Waals surface area contributed by atoms with Crippen molar-refractivity contribution in [1.82, 2.24) is 31.6 Å². The van der Waals surface area contributed by atoms with Crippen molar-refractivity contribution in [3.05, 3.63) is 75.9 Å². The number of amides is 10. The zero-order chi connectivity index (χ0) is 49.1. The summed E-state index contributed by atoms with van der Waals surface area (Å²) in [6, 6.07) is 2.56. The van der Waals surface area contributed by atoms with Gasteiger partial charge in [-0.05, 0) is 119 Å². The number of Topliss-reactive ketones (excluding diaryl/α,β-unsaturated/α-hetero) is 1. The van der Waals surface area contributed by atoms with Crippen LogP contribution in [0.3, 0.4) is 0 Å². The van der Waals surface area contributed by atoms with Gasteiger partial charge in [-0.1, -0.05) is 38.0 Å². The SMILES string of the molecule is CC1=C(CCC=NNC(=O)NC(=O)OCc2ccc(NC(=O)[C@H](CCCNC(N)=O)NC(=O)[C@@H](NC(=O)CCCCCN3C(=O)C=CC3=O)C(C)C)cc2)C2=C(C)C3(CC3)[C@](C)(O)C(=O)C2=C1. The number of aliphatic hydroxyl groups is 1. The summed E-state index contributed by atoms with van der Waals surface area (Å²) >= 11 is 0. The number of hydrogen-bond acceptors (Lipinski definition) is 12. The molecule has 0 saturated heterocycles. The summed E-state index contributed by atoms with van der Waals surface area (Å²) in [4.78, 5) is 113. The van der Waals surface area contributed by atoms with E-state index in [1.54, 1.807) is 45.0 Å². The zero-order valence-corrected chi connectivity index (χ0v) is 38.5. The maximum Gasteiger partial charge on any atom is 0.415 e. The summed E-state index contributed by atoms with van der Waals surface area (Å²) in [5, 5.41) is 27.7. The molecule has 360 valence electrons. The van der Waals surface area contributed by atoms with E-state index in [1.165, 1.54) is 18.4 Å². The number of nitrogens with one attached hydrogen (secondary N) is 6. The number of unbranched alkanes of at least 4 members (excludes halogenated alkanes) is 2. The molecule has 4 aliphatic rings. The highest BCUT2D eigenvalue weighted by Crippen LogP contribution is 2.65. The van der Waals surface area contributed by atoms with E-state index in [0.717, 1.165) is 40.0 Å². The van der Waals surface area contributed by atoms with E-state index < -0.39 is 53.1 Å². The van der Waals surface area contributed by atoms with Gasteiger partial charge in [0.2, 0.25) is 17.7 Å². The molecule has 3 aliphatic carbocycles. The Balaban J connectivity index is 1.04. The van der Waals surface area contributed by atoms with E-state index in [9.17, 15) is 48.3 Å². The summed E-state index contributed by atoms with van der Waals surface area (Å²) in [7, 11) is 0. The Kier molecular flexibility index (Phi) is 17.1. The van der Waals surface area contributed by atoms with Gasteiger partial charge in [-0.25, -0.2) is 25.1 Å². The zero-order valence-electron chi connectivity index (χ0n) is 38.5. The number of urea groups is 2. The fraction of sp³-hybridized carbons (Fsp3) is 0.489. The van der Waals surface area contributed by atoms with Crippen molar-refractivity contribution in [1.29, 1.82) is 0 Å². The van der Waals surface area contributed by atoms with Crippen LogP contribution in [-0.2, 0) is 40.1 Å². The molecule has 9 N–H and O–H groups in total. The fourth-order valence-electron chi connectivity index (χ4n) is 8.55. The lowest BCUT2D eigenvalue weighted by molar-refractivity contribution is -0.138. The third-order valence-corrected chi connectivity index (χ3v) is 12.5. The van der Waals surface area contributed by atoms with Gasteiger partial charge < -0.3 is 36.8 Å². The monoisotopic (exact) mass is 927 g/mol. The van der Waals surface area contributed by atoms with Gasteiger partial charge in [-0.15, -0.1) is 0 Å². The smallest absolute Gasteiger partial charge is 0.415 e. The second kappa shape index (κ2) is 22.5. The topological polar surface area (TPSA) is 297 Å². The average molecular weight is 928 g/mol. The molecule has 0 bridgehead atoms. The van der Waals surface area contributed by atoms with Crippen molar-refractivity contribution >= 4 is 65.4 Å². The maximum atomic E-state index is 13.5. The number of primary amides is 1. The first-order valence-corrected chi connectivity index (χ1v) is 22.5. The maximum absolute atomic E-state index is 13.5. The molecule has 67 heavy (non-hydrogen) atoms. The molecule has 1 aromatic carbocycles. The summed E-state index contributed by atoms with van der Waals surface area (Å²) < 4.78 is 5.16. The molecule has 3 atom stereocenters. The third kappa shape index (κ3) is 12.9. The van der Waals surface area contributed by atoms with Crippen LogP contribution in [0.2, 0.25) is 0 Å². The molecule has 0 radical (unpaired) electrons. The van der Waals surface area contributed by atoms with E-state index >= 15 is 0 Å². The fourth-order valence-corrected chi connectivity index (χ4v) is 8.55. The van der Waals surface area contributed by atoms with Crippen LogP contribution in [0.1, 0.15) is 104 Å². The first kappa shape index (κ1) is 51.0. The van der Waals surface area contributed by atoms with Crippen molar-refractivity contribution in [2.24, 2.45) is 22.2 Å². The molecule has 1 aromatic rings. The van der Waals surface area contributed by atoms with E-state index in [2.05, 4.69) is 31.8 Å². The molecule has 10 amide bonds. The molecule has 0 aromatic heterocycles. The van der Waals surface area contributed by atoms with Crippen LogP contribution in [0, 0.1) is 11.3 Å². The Morgan fingerprint density at radius 1 is 0.940 bits per heavy atom. The van der Waals surface area contributed by atoms with Gasteiger partial charge >= 0.3 is 18.2 Å². The number of nitrogens with zero attached hydrogens (tertiary/aromatic N) is 2. The van der Waals surface area contributed by atoms with Crippen LogP contribution in [0.15, 0.2) is 75.5 Å². The number of nitrogens with two attached hydrogens (primary N) is 1. The van der Waals surface area contributed by atoms with Gasteiger partial charge in [0.25, 0.3) is 11.8 Å². The van der Waals surface area contributed by atoms with Crippen molar-refractivity contribution in [3.8, 4) is 0 Å². The number of allylic oxidation sites excluding steroid dienone is 4. The second-order valence-corrected chi connectivity index (χ2v) is 17.6. The third-order valence-electron chi connectivity index (χ3n) is 12.5. The lowest BCUT2D eigenvalue weighted by Crippen LogP contribution is -2.54. The molecule has 1 heterocycles. The van der Waals surface area contributed by atoms with Gasteiger partial charge in [-0.2, -0.15) is 5.10 Å². The molecule has 20 heteroatoms. The number of fused-ring (bicyclic) bond motifs is 1. The minimum atomic E-state index is -1.43. The van der Waals surface area contributed by atoms with Gasteiger partial charge in [0.1, 0.15) is 24.3 Å². The Morgan fingerprint density at radius 2 is 1.63 bits per heavy atom. The lowest BCUT2D eigenvalue weighted by Gasteiger charge is -2.39. The predicted molar refractivity (Wildman–Crippen MR) is 245 cm³/mol. The number of hydrazone groups is 1. The number of imide groups is 2. The van der Waals surface area contributed by atoms with Crippen LogP contribution in [0.25, 0.3) is 0 Å². The first-order chi connectivity index (χ1) is 31.7. The quantitative estimate of drug-likeness (QED) is 0.0360. The van der Waals surface area contributed by atoms with Gasteiger partial charge in [-0.3, -0.25) is 33.7 Å². The highest BCUT2D eigenvalue weighted by molar-refractivity contribution is 6.13. The Bertz CT molecular complexity index is 2290. The number of alkyl carbamates (subject to hydrolysis) is 1. The summed E-state index contributed by atoms with van der Waals surface area (Å²) in [5.41, 5.74) is 10.7.